The van der Waals surface area contributed by atoms with Gasteiger partial charge in [0, 0.05) is 18.4 Å². The van der Waals surface area contributed by atoms with Gasteiger partial charge in [-0.3, -0.25) is 0 Å². The lowest BCUT2D eigenvalue weighted by molar-refractivity contribution is -0.283. The molecule has 0 aromatic carbocycles. The van der Waals surface area contributed by atoms with Crippen LogP contribution in [0.4, 0.5) is 0 Å². The third kappa shape index (κ3) is 2.33. The summed E-state index contributed by atoms with van der Waals surface area (Å²) in [7, 11) is 1.76. The molecule has 2 saturated heterocycles. The van der Waals surface area contributed by atoms with Crippen LogP contribution in [0.15, 0.2) is 0 Å². The van der Waals surface area contributed by atoms with Gasteiger partial charge in [0.25, 0.3) is 0 Å². The number of aliphatic hydroxyl groups is 2. The maximum atomic E-state index is 12.6. The second-order valence-corrected chi connectivity index (χ2v) is 16.1. The van der Waals surface area contributed by atoms with Gasteiger partial charge in [-0.1, -0.05) is 34.6 Å². The van der Waals surface area contributed by atoms with Crippen LogP contribution in [0.25, 0.3) is 0 Å². The van der Waals surface area contributed by atoms with Crippen molar-refractivity contribution in [2.24, 2.45) is 50.7 Å². The Hall–Kier alpha value is -0.200. The minimum atomic E-state index is -0.932. The molecule has 7 rings (SSSR count). The molecule has 2 bridgehead atoms. The number of ether oxygens (including phenoxy) is 3. The zero-order valence-electron chi connectivity index (χ0n) is 23.9. The number of methoxy groups -OCH3 is 1. The van der Waals surface area contributed by atoms with E-state index in [9.17, 15) is 10.2 Å². The molecule has 0 amide bonds. The van der Waals surface area contributed by atoms with Crippen LogP contribution in [-0.4, -0.2) is 53.1 Å². The standard InChI is InChI=1S/C31H50O5/c1-17-15-18-23(26(4,5)34-8)36-31(35-18)22(17)27(6)13-14-30-16-29(30)12-11-21(32)25(2,3)19(29)9-10-20(30)28(27,7)24(31)33/h17-24,32-33H,9-16H2,1-8H3/t17-,18-,19+,20+,21+,22-,23+,24-,27-,28-,29-,30+,31+/m1/s1. The van der Waals surface area contributed by atoms with Crippen molar-refractivity contribution in [3.63, 3.8) is 0 Å². The largest absolute Gasteiger partial charge is 0.393 e. The molecule has 0 aromatic heterocycles. The van der Waals surface area contributed by atoms with E-state index in [1.54, 1.807) is 7.11 Å². The number of rotatable bonds is 2. The lowest BCUT2D eigenvalue weighted by Gasteiger charge is -2.63. The maximum absolute atomic E-state index is 12.6. The quantitative estimate of drug-likeness (QED) is 0.535. The highest BCUT2D eigenvalue weighted by Crippen LogP contribution is 2.90. The van der Waals surface area contributed by atoms with Crippen molar-refractivity contribution in [2.45, 2.75) is 136 Å². The van der Waals surface area contributed by atoms with Crippen molar-refractivity contribution in [2.75, 3.05) is 7.11 Å². The molecule has 13 atom stereocenters. The first kappa shape index (κ1) is 24.8. The summed E-state index contributed by atoms with van der Waals surface area (Å²) >= 11 is 0. The highest BCUT2D eigenvalue weighted by molar-refractivity contribution is 5.34. The minimum Gasteiger partial charge on any atom is -0.393 e. The Balaban J connectivity index is 1.32. The van der Waals surface area contributed by atoms with Crippen molar-refractivity contribution >= 4 is 0 Å². The highest BCUT2D eigenvalue weighted by Gasteiger charge is 2.88. The number of hydrogen-bond acceptors (Lipinski definition) is 5. The molecule has 5 nitrogen and oxygen atoms in total. The molecule has 5 saturated carbocycles. The predicted octanol–water partition coefficient (Wildman–Crippen LogP) is 5.31. The second-order valence-electron chi connectivity index (χ2n) is 16.1. The average Bonchev–Trinajstić information content (AvgIpc) is 3.34. The van der Waals surface area contributed by atoms with Crippen LogP contribution in [-0.2, 0) is 14.2 Å². The van der Waals surface area contributed by atoms with E-state index in [-0.39, 0.29) is 40.5 Å². The van der Waals surface area contributed by atoms with Gasteiger partial charge >= 0.3 is 0 Å². The molecule has 2 aliphatic heterocycles. The summed E-state index contributed by atoms with van der Waals surface area (Å²) < 4.78 is 19.8. The Kier molecular flexibility index (Phi) is 4.65. The van der Waals surface area contributed by atoms with Crippen LogP contribution in [0, 0.1) is 50.7 Å². The molecule has 0 unspecified atom stereocenters. The number of hydrogen-bond donors (Lipinski definition) is 2. The topological polar surface area (TPSA) is 68.2 Å². The molecule has 36 heavy (non-hydrogen) atoms. The molecule has 0 aromatic rings. The fraction of sp³-hybridized carbons (Fsp3) is 1.00. The first-order chi connectivity index (χ1) is 16.7. The van der Waals surface area contributed by atoms with Crippen molar-refractivity contribution in [1.29, 1.82) is 0 Å². The highest BCUT2D eigenvalue weighted by atomic mass is 16.8. The molecular weight excluding hydrogens is 452 g/mol. The Morgan fingerprint density at radius 1 is 0.889 bits per heavy atom. The third-order valence-electron chi connectivity index (χ3n) is 14.7. The molecule has 2 heterocycles. The predicted molar refractivity (Wildman–Crippen MR) is 137 cm³/mol. The summed E-state index contributed by atoms with van der Waals surface area (Å²) in [5, 5.41) is 23.5. The van der Waals surface area contributed by atoms with E-state index >= 15 is 0 Å². The molecule has 7 fully saturated rings. The fourth-order valence-corrected chi connectivity index (χ4v) is 12.8. The Morgan fingerprint density at radius 2 is 1.56 bits per heavy atom. The maximum Gasteiger partial charge on any atom is 0.199 e. The summed E-state index contributed by atoms with van der Waals surface area (Å²) in [5.41, 5.74) is -0.113. The van der Waals surface area contributed by atoms with E-state index in [1.807, 2.05) is 0 Å². The fourth-order valence-electron chi connectivity index (χ4n) is 12.8. The Labute approximate surface area is 218 Å². The lowest BCUT2D eigenvalue weighted by atomic mass is 9.41. The number of aliphatic hydroxyl groups excluding tert-OH is 2. The van der Waals surface area contributed by atoms with Gasteiger partial charge in [-0.2, -0.15) is 0 Å². The van der Waals surface area contributed by atoms with Crippen LogP contribution in [0.1, 0.15) is 99.8 Å². The van der Waals surface area contributed by atoms with Crippen molar-refractivity contribution in [3.8, 4) is 0 Å². The summed E-state index contributed by atoms with van der Waals surface area (Å²) in [4.78, 5) is 0. The van der Waals surface area contributed by atoms with Crippen LogP contribution in [0.3, 0.4) is 0 Å². The van der Waals surface area contributed by atoms with Gasteiger partial charge in [0.1, 0.15) is 12.2 Å². The minimum absolute atomic E-state index is 0.0201. The van der Waals surface area contributed by atoms with Crippen LogP contribution in [0.5, 0.6) is 0 Å². The summed E-state index contributed by atoms with van der Waals surface area (Å²) in [6.45, 7) is 16.1. The second kappa shape index (κ2) is 6.74. The van der Waals surface area contributed by atoms with E-state index < -0.39 is 17.5 Å². The molecule has 5 aliphatic carbocycles. The Bertz CT molecular complexity index is 978. The van der Waals surface area contributed by atoms with Gasteiger partial charge in [0.05, 0.1) is 17.8 Å². The normalized spacial score (nSPS) is 62.5. The van der Waals surface area contributed by atoms with Crippen LogP contribution < -0.4 is 0 Å². The summed E-state index contributed by atoms with van der Waals surface area (Å²) in [5.74, 6) is 0.761. The molecule has 5 heteroatoms. The molecular formula is C31H50O5. The van der Waals surface area contributed by atoms with Gasteiger partial charge in [0.15, 0.2) is 5.79 Å². The number of fused-ring (bicyclic) bond motifs is 4. The van der Waals surface area contributed by atoms with Gasteiger partial charge in [-0.05, 0) is 105 Å². The van der Waals surface area contributed by atoms with Crippen LogP contribution in [0.2, 0.25) is 0 Å². The van der Waals surface area contributed by atoms with E-state index in [1.165, 1.54) is 19.3 Å². The molecule has 3 spiro atoms. The zero-order valence-corrected chi connectivity index (χ0v) is 23.9. The molecule has 7 aliphatic rings. The molecule has 204 valence electrons. The SMILES string of the molecule is COC(C)(C)[C@H]1O[C@@]23O[C@@H]1C[C@@H](C)[C@@H]2[C@@]1(C)CC[C@@]24C[C@@]25CC[C@H](O)C(C)(C)[C@@H]5CC[C@H]4[C@]1(C)[C@H]3O. The van der Waals surface area contributed by atoms with E-state index in [2.05, 4.69) is 48.5 Å². The molecule has 0 radical (unpaired) electrons. The van der Waals surface area contributed by atoms with Crippen molar-refractivity contribution in [3.05, 3.63) is 0 Å². The molecule has 2 N–H and O–H groups in total. The lowest BCUT2D eigenvalue weighted by Crippen LogP contribution is -2.60. The van der Waals surface area contributed by atoms with E-state index in [4.69, 9.17) is 14.2 Å². The Morgan fingerprint density at radius 3 is 2.25 bits per heavy atom. The first-order valence-electron chi connectivity index (χ1n) is 14.9. The van der Waals surface area contributed by atoms with Crippen LogP contribution >= 0.6 is 0 Å². The summed E-state index contributed by atoms with van der Waals surface area (Å²) in [6, 6.07) is 0. The van der Waals surface area contributed by atoms with Crippen molar-refractivity contribution in [1.82, 2.24) is 0 Å². The van der Waals surface area contributed by atoms with Crippen molar-refractivity contribution < 1.29 is 24.4 Å². The van der Waals surface area contributed by atoms with Gasteiger partial charge in [-0.15, -0.1) is 0 Å². The smallest absolute Gasteiger partial charge is 0.199 e. The van der Waals surface area contributed by atoms with Gasteiger partial charge < -0.3 is 24.4 Å². The first-order valence-corrected chi connectivity index (χ1v) is 14.9. The van der Waals surface area contributed by atoms with Gasteiger partial charge in [0.2, 0.25) is 0 Å². The monoisotopic (exact) mass is 502 g/mol. The van der Waals surface area contributed by atoms with Gasteiger partial charge in [-0.25, -0.2) is 0 Å². The van der Waals surface area contributed by atoms with E-state index in [0.717, 1.165) is 32.1 Å². The zero-order chi connectivity index (χ0) is 25.9. The summed E-state index contributed by atoms with van der Waals surface area (Å²) in [6.07, 6.45) is 8.04. The van der Waals surface area contributed by atoms with E-state index in [0.29, 0.717) is 28.6 Å². The third-order valence-corrected chi connectivity index (χ3v) is 14.7. The average molecular weight is 503 g/mol.